The van der Waals surface area contributed by atoms with Crippen LogP contribution < -0.4 is 10.0 Å². The van der Waals surface area contributed by atoms with E-state index in [-0.39, 0.29) is 12.3 Å². The smallest absolute Gasteiger partial charge is 0.407 e. The maximum absolute atomic E-state index is 11.5. The van der Waals surface area contributed by atoms with Crippen LogP contribution in [0.5, 0.6) is 0 Å². The van der Waals surface area contributed by atoms with Crippen LogP contribution in [0.1, 0.15) is 20.8 Å². The van der Waals surface area contributed by atoms with Gasteiger partial charge in [-0.1, -0.05) is 0 Å². The summed E-state index contributed by atoms with van der Waals surface area (Å²) < 4.78 is 29.9. The maximum Gasteiger partial charge on any atom is 0.407 e. The molecule has 0 aromatic heterocycles. The topological polar surface area (TPSA) is 102 Å². The van der Waals surface area contributed by atoms with Crippen molar-refractivity contribution in [3.63, 3.8) is 0 Å². The summed E-state index contributed by atoms with van der Waals surface area (Å²) in [7, 11) is -3.42. The lowest BCUT2D eigenvalue weighted by Gasteiger charge is -2.30. The molecule has 1 heterocycles. The summed E-state index contributed by atoms with van der Waals surface area (Å²) >= 11 is 0. The number of amides is 1. The number of hydrogen-bond donors (Lipinski definition) is 2. The third kappa shape index (κ3) is 4.61. The molecule has 0 aromatic carbocycles. The summed E-state index contributed by atoms with van der Waals surface area (Å²) in [6, 6.07) is -0.583. The molecule has 1 aliphatic rings. The van der Waals surface area contributed by atoms with E-state index in [1.165, 1.54) is 0 Å². The first kappa shape index (κ1) is 14.9. The quantitative estimate of drug-likeness (QED) is 0.671. The molecule has 8 heteroatoms. The first-order valence-corrected chi connectivity index (χ1v) is 7.20. The Bertz CT molecular complexity index is 426. The summed E-state index contributed by atoms with van der Waals surface area (Å²) in [6.07, 6.45) is -0.124. The van der Waals surface area contributed by atoms with Gasteiger partial charge in [-0.25, -0.2) is 17.9 Å². The van der Waals surface area contributed by atoms with Gasteiger partial charge in [0, 0.05) is 6.54 Å². The molecule has 1 aliphatic heterocycles. The monoisotopic (exact) mass is 278 g/mol. The van der Waals surface area contributed by atoms with E-state index in [0.29, 0.717) is 6.29 Å². The predicted molar refractivity (Wildman–Crippen MR) is 64.5 cm³/mol. The molecule has 7 nitrogen and oxygen atoms in total. The van der Waals surface area contributed by atoms with Gasteiger partial charge in [-0.15, -0.1) is 0 Å². The van der Waals surface area contributed by atoms with Crippen molar-refractivity contribution < 1.29 is 22.7 Å². The number of sulfonamides is 1. The molecule has 1 fully saturated rings. The molecule has 0 spiro atoms. The molecule has 0 saturated carbocycles. The predicted octanol–water partition coefficient (Wildman–Crippen LogP) is -0.372. The van der Waals surface area contributed by atoms with E-state index in [4.69, 9.17) is 4.74 Å². The van der Waals surface area contributed by atoms with Gasteiger partial charge in [0.25, 0.3) is 0 Å². The normalized spacial score (nSPS) is 27.3. The zero-order valence-corrected chi connectivity index (χ0v) is 11.4. The number of alkyl carbamates (subject to hydrolysis) is 1. The minimum atomic E-state index is -3.42. The van der Waals surface area contributed by atoms with Crippen LogP contribution >= 0.6 is 0 Å². The molecule has 1 amide bonds. The molecule has 1 saturated heterocycles. The molecule has 0 aromatic rings. The standard InChI is InChI=1S/C10H18N2O5S/c1-10(2,3)17-9(14)12-8-4-11-18(15,16)6-7(8)5-13/h5,7-8,11H,4,6H2,1-3H3,(H,12,14). The molecule has 2 N–H and O–H groups in total. The lowest BCUT2D eigenvalue weighted by Crippen LogP contribution is -2.56. The summed E-state index contributed by atoms with van der Waals surface area (Å²) in [5, 5.41) is 2.49. The number of aldehydes is 1. The van der Waals surface area contributed by atoms with Crippen molar-refractivity contribution in [3.05, 3.63) is 0 Å². The molecular formula is C10H18N2O5S. The van der Waals surface area contributed by atoms with Crippen LogP contribution in [-0.4, -0.2) is 44.7 Å². The Morgan fingerprint density at radius 1 is 1.44 bits per heavy atom. The van der Waals surface area contributed by atoms with Crippen LogP contribution in [0.15, 0.2) is 0 Å². The average molecular weight is 278 g/mol. The minimum Gasteiger partial charge on any atom is -0.444 e. The van der Waals surface area contributed by atoms with Crippen molar-refractivity contribution in [1.82, 2.24) is 10.0 Å². The van der Waals surface area contributed by atoms with Crippen molar-refractivity contribution in [2.45, 2.75) is 32.4 Å². The van der Waals surface area contributed by atoms with Gasteiger partial charge in [0.2, 0.25) is 10.0 Å². The average Bonchev–Trinajstić information content (AvgIpc) is 2.17. The van der Waals surface area contributed by atoms with Crippen molar-refractivity contribution in [2.24, 2.45) is 5.92 Å². The fourth-order valence-corrected chi connectivity index (χ4v) is 2.92. The zero-order valence-electron chi connectivity index (χ0n) is 10.6. The highest BCUT2D eigenvalue weighted by Crippen LogP contribution is 2.12. The third-order valence-electron chi connectivity index (χ3n) is 2.33. The Hall–Kier alpha value is -1.15. The number of ether oxygens (including phenoxy) is 1. The molecule has 1 rings (SSSR count). The number of rotatable bonds is 2. The highest BCUT2D eigenvalue weighted by molar-refractivity contribution is 7.89. The van der Waals surface area contributed by atoms with Gasteiger partial charge < -0.3 is 14.8 Å². The van der Waals surface area contributed by atoms with Crippen LogP contribution in [0, 0.1) is 5.92 Å². The van der Waals surface area contributed by atoms with Gasteiger partial charge in [-0.05, 0) is 20.8 Å². The second kappa shape index (κ2) is 5.23. The summed E-state index contributed by atoms with van der Waals surface area (Å²) in [4.78, 5) is 22.4. The van der Waals surface area contributed by atoms with Crippen molar-refractivity contribution in [3.8, 4) is 0 Å². The highest BCUT2D eigenvalue weighted by atomic mass is 32.2. The SMILES string of the molecule is CC(C)(C)OC(=O)NC1CNS(=O)(=O)CC1C=O. The second-order valence-electron chi connectivity index (χ2n) is 5.18. The van der Waals surface area contributed by atoms with Crippen molar-refractivity contribution >= 4 is 22.4 Å². The molecule has 0 aliphatic carbocycles. The Morgan fingerprint density at radius 2 is 2.06 bits per heavy atom. The third-order valence-corrected chi connectivity index (χ3v) is 3.76. The second-order valence-corrected chi connectivity index (χ2v) is 7.03. The van der Waals surface area contributed by atoms with E-state index in [2.05, 4.69) is 10.0 Å². The molecule has 0 bridgehead atoms. The fraction of sp³-hybridized carbons (Fsp3) is 0.800. The van der Waals surface area contributed by atoms with Crippen LogP contribution in [0.4, 0.5) is 4.79 Å². The van der Waals surface area contributed by atoms with Gasteiger partial charge in [0.1, 0.15) is 11.9 Å². The van der Waals surface area contributed by atoms with Crippen LogP contribution in [0.25, 0.3) is 0 Å². The fourth-order valence-electron chi connectivity index (χ4n) is 1.55. The van der Waals surface area contributed by atoms with Gasteiger partial charge in [-0.3, -0.25) is 0 Å². The Labute approximate surface area is 106 Å². The lowest BCUT2D eigenvalue weighted by atomic mass is 10.0. The lowest BCUT2D eigenvalue weighted by molar-refractivity contribution is -0.111. The van der Waals surface area contributed by atoms with Crippen LogP contribution in [0.2, 0.25) is 0 Å². The first-order chi connectivity index (χ1) is 8.13. The number of carbonyl (C=O) groups is 2. The summed E-state index contributed by atoms with van der Waals surface area (Å²) in [5.41, 5.74) is -0.644. The minimum absolute atomic E-state index is 0.00895. The van der Waals surface area contributed by atoms with E-state index in [9.17, 15) is 18.0 Å². The number of carbonyl (C=O) groups excluding carboxylic acids is 2. The summed E-state index contributed by atoms with van der Waals surface area (Å²) in [5.74, 6) is -1.08. The van der Waals surface area contributed by atoms with Gasteiger partial charge in [0.05, 0.1) is 17.7 Å². The van der Waals surface area contributed by atoms with Crippen molar-refractivity contribution in [1.29, 1.82) is 0 Å². The van der Waals surface area contributed by atoms with E-state index >= 15 is 0 Å². The van der Waals surface area contributed by atoms with E-state index in [0.717, 1.165) is 0 Å². The number of nitrogens with one attached hydrogen (secondary N) is 2. The Morgan fingerprint density at radius 3 is 2.56 bits per heavy atom. The highest BCUT2D eigenvalue weighted by Gasteiger charge is 2.34. The zero-order chi connectivity index (χ0) is 14.0. The summed E-state index contributed by atoms with van der Waals surface area (Å²) in [6.45, 7) is 5.14. The molecule has 2 unspecified atom stereocenters. The van der Waals surface area contributed by atoms with Crippen LogP contribution in [-0.2, 0) is 19.6 Å². The first-order valence-electron chi connectivity index (χ1n) is 5.55. The molecule has 2 atom stereocenters. The molecule has 0 radical (unpaired) electrons. The van der Waals surface area contributed by atoms with Crippen molar-refractivity contribution in [2.75, 3.05) is 12.3 Å². The molecule has 104 valence electrons. The van der Waals surface area contributed by atoms with E-state index in [1.54, 1.807) is 20.8 Å². The van der Waals surface area contributed by atoms with E-state index in [1.807, 2.05) is 0 Å². The Kier molecular flexibility index (Phi) is 4.33. The largest absolute Gasteiger partial charge is 0.444 e. The Balaban J connectivity index is 2.62. The van der Waals surface area contributed by atoms with Gasteiger partial charge >= 0.3 is 6.09 Å². The van der Waals surface area contributed by atoms with Gasteiger partial charge in [-0.2, -0.15) is 0 Å². The van der Waals surface area contributed by atoms with Gasteiger partial charge in [0.15, 0.2) is 0 Å². The van der Waals surface area contributed by atoms with Crippen LogP contribution in [0.3, 0.4) is 0 Å². The maximum atomic E-state index is 11.5. The molecular weight excluding hydrogens is 260 g/mol. The molecule has 18 heavy (non-hydrogen) atoms. The van der Waals surface area contributed by atoms with E-state index < -0.39 is 33.7 Å². The number of hydrogen-bond acceptors (Lipinski definition) is 5.